The molecule has 0 fully saturated rings. The van der Waals surface area contributed by atoms with E-state index in [4.69, 9.17) is 0 Å². The fourth-order valence-corrected chi connectivity index (χ4v) is 0.656. The predicted octanol–water partition coefficient (Wildman–Crippen LogP) is -1.13. The van der Waals surface area contributed by atoms with Crippen LogP contribution in [0.15, 0.2) is 28.7 Å². The fourth-order valence-electron chi connectivity index (χ4n) is 0.371. The van der Waals surface area contributed by atoms with E-state index >= 15 is 0 Å². The van der Waals surface area contributed by atoms with Gasteiger partial charge in [-0.3, -0.25) is 0 Å². The number of hydrogen-bond donors (Lipinski definition) is 0. The molecule has 0 aliphatic carbocycles. The molecule has 0 unspecified atom stereocenters. The zero-order valence-corrected chi connectivity index (χ0v) is 9.36. The quantitative estimate of drug-likeness (QED) is 0.409. The first kappa shape index (κ1) is 12.6. The minimum Gasteiger partial charge on any atom is -1.00 e. The van der Waals surface area contributed by atoms with E-state index < -0.39 is 0 Å². The van der Waals surface area contributed by atoms with Crippen molar-refractivity contribution in [3.05, 3.63) is 34.8 Å². The third-order valence-corrected chi connectivity index (χ3v) is 1.16. The molecule has 0 aliphatic heterocycles. The van der Waals surface area contributed by atoms with Crippen molar-refractivity contribution < 1.29 is 17.0 Å². The van der Waals surface area contributed by atoms with Crippen molar-refractivity contribution in [1.29, 1.82) is 0 Å². The molecule has 1 rings (SSSR count). The van der Waals surface area contributed by atoms with Gasteiger partial charge in [0, 0.05) is 0 Å². The van der Waals surface area contributed by atoms with Crippen LogP contribution in [-0.4, -0.2) is 23.1 Å². The molecule has 0 radical (unpaired) electrons. The zero-order chi connectivity index (χ0) is 5.11. The Bertz CT molecular complexity index is 141. The maximum atomic E-state index is 3.28. The summed E-state index contributed by atoms with van der Waals surface area (Å²) in [6.45, 7) is 0. The SMILES string of the molecule is Brc1c[c-]ccc1.[Br-].[Mg+2]. The molecule has 1 aromatic rings. The van der Waals surface area contributed by atoms with Crippen molar-refractivity contribution in [2.75, 3.05) is 0 Å². The maximum Gasteiger partial charge on any atom is 2.00 e. The molecule has 0 atom stereocenters. The smallest absolute Gasteiger partial charge is 1.00 e. The average Bonchev–Trinajstić information content (AvgIpc) is 1.69. The van der Waals surface area contributed by atoms with Crippen LogP contribution in [0.4, 0.5) is 0 Å². The van der Waals surface area contributed by atoms with Crippen LogP contribution in [0.3, 0.4) is 0 Å². The summed E-state index contributed by atoms with van der Waals surface area (Å²) in [5.74, 6) is 0. The van der Waals surface area contributed by atoms with Gasteiger partial charge < -0.3 is 17.0 Å². The van der Waals surface area contributed by atoms with E-state index in [1.54, 1.807) is 0 Å². The van der Waals surface area contributed by atoms with Crippen LogP contribution in [-0.2, 0) is 0 Å². The van der Waals surface area contributed by atoms with Crippen molar-refractivity contribution in [3.63, 3.8) is 0 Å². The molecule has 0 saturated carbocycles. The van der Waals surface area contributed by atoms with E-state index in [1.165, 1.54) is 0 Å². The van der Waals surface area contributed by atoms with Crippen LogP contribution in [0.5, 0.6) is 0 Å². The average molecular weight is 260 g/mol. The number of hydrogen-bond acceptors (Lipinski definition) is 0. The molecule has 0 saturated heterocycles. The molecule has 3 heteroatoms. The predicted molar refractivity (Wildman–Crippen MR) is 38.7 cm³/mol. The van der Waals surface area contributed by atoms with Gasteiger partial charge in [-0.05, 0) is 0 Å². The number of halogens is 2. The number of rotatable bonds is 0. The Morgan fingerprint density at radius 1 is 1.44 bits per heavy atom. The van der Waals surface area contributed by atoms with Gasteiger partial charge in [0.05, 0.1) is 0 Å². The van der Waals surface area contributed by atoms with Crippen LogP contribution in [0, 0.1) is 6.07 Å². The molecular weight excluding hydrogens is 256 g/mol. The Morgan fingerprint density at radius 3 is 2.33 bits per heavy atom. The van der Waals surface area contributed by atoms with Crippen molar-refractivity contribution in [2.45, 2.75) is 0 Å². The van der Waals surface area contributed by atoms with Gasteiger partial charge in [0.1, 0.15) is 0 Å². The van der Waals surface area contributed by atoms with Gasteiger partial charge in [-0.25, -0.2) is 0 Å². The first-order valence-electron chi connectivity index (χ1n) is 2.01. The molecule has 0 nitrogen and oxygen atoms in total. The summed E-state index contributed by atoms with van der Waals surface area (Å²) in [7, 11) is 0. The van der Waals surface area contributed by atoms with E-state index in [2.05, 4.69) is 22.0 Å². The molecule has 0 amide bonds. The van der Waals surface area contributed by atoms with Gasteiger partial charge in [-0.2, -0.15) is 30.3 Å². The van der Waals surface area contributed by atoms with Crippen LogP contribution in [0.25, 0.3) is 0 Å². The van der Waals surface area contributed by atoms with Gasteiger partial charge in [0.15, 0.2) is 0 Å². The van der Waals surface area contributed by atoms with E-state index in [0.29, 0.717) is 0 Å². The van der Waals surface area contributed by atoms with Crippen molar-refractivity contribution in [2.24, 2.45) is 0 Å². The molecule has 0 aliphatic rings. The van der Waals surface area contributed by atoms with Gasteiger partial charge in [0.2, 0.25) is 0 Å². The van der Waals surface area contributed by atoms with Crippen LogP contribution >= 0.6 is 15.9 Å². The Morgan fingerprint density at radius 2 is 2.11 bits per heavy atom. The molecule has 0 spiro atoms. The Labute approximate surface area is 90.1 Å². The van der Waals surface area contributed by atoms with E-state index in [9.17, 15) is 0 Å². The van der Waals surface area contributed by atoms with Gasteiger partial charge in [0.25, 0.3) is 0 Å². The Hall–Kier alpha value is 0.946. The molecule has 1 aromatic carbocycles. The summed E-state index contributed by atoms with van der Waals surface area (Å²) in [4.78, 5) is 0. The molecule has 9 heavy (non-hydrogen) atoms. The standard InChI is InChI=1S/C6H4Br.BrH.Mg/c7-6-4-2-1-3-5-6;;/h1-2,4-5H;1H;/q-1;;+2/p-1. The van der Waals surface area contributed by atoms with Gasteiger partial charge >= 0.3 is 23.1 Å². The van der Waals surface area contributed by atoms with Crippen molar-refractivity contribution >= 4 is 39.0 Å². The van der Waals surface area contributed by atoms with Crippen LogP contribution in [0.2, 0.25) is 0 Å². The molecule has 0 heterocycles. The summed E-state index contributed by atoms with van der Waals surface area (Å²) in [6, 6.07) is 10.6. The molecule has 0 aromatic heterocycles. The van der Waals surface area contributed by atoms with Crippen LogP contribution < -0.4 is 17.0 Å². The largest absolute Gasteiger partial charge is 2.00 e. The molecule has 44 valence electrons. The Kier molecular flexibility index (Phi) is 9.89. The molecule has 0 bridgehead atoms. The second-order valence-corrected chi connectivity index (χ2v) is 2.14. The maximum absolute atomic E-state index is 3.28. The van der Waals surface area contributed by atoms with E-state index in [0.717, 1.165) is 4.47 Å². The zero-order valence-electron chi connectivity index (χ0n) is 4.77. The minimum absolute atomic E-state index is 0. The normalized spacial score (nSPS) is 6.78. The van der Waals surface area contributed by atoms with Gasteiger partial charge in [-0.1, -0.05) is 4.47 Å². The molecular formula is C6H4Br2Mg. The van der Waals surface area contributed by atoms with Crippen molar-refractivity contribution in [1.82, 2.24) is 0 Å². The molecule has 0 N–H and O–H groups in total. The summed E-state index contributed by atoms with van der Waals surface area (Å²) in [6.07, 6.45) is 0. The second kappa shape index (κ2) is 7.06. The monoisotopic (exact) mass is 258 g/mol. The minimum atomic E-state index is 0. The Balaban J connectivity index is 0. The van der Waals surface area contributed by atoms with Gasteiger partial charge in [-0.15, -0.1) is 15.9 Å². The third-order valence-electron chi connectivity index (χ3n) is 0.669. The summed E-state index contributed by atoms with van der Waals surface area (Å²) < 4.78 is 1.08. The van der Waals surface area contributed by atoms with E-state index in [-0.39, 0.29) is 40.0 Å². The second-order valence-electron chi connectivity index (χ2n) is 1.22. The summed E-state index contributed by atoms with van der Waals surface area (Å²) in [5, 5.41) is 0. The third kappa shape index (κ3) is 5.39. The fraction of sp³-hybridized carbons (Fsp3) is 0. The number of benzene rings is 1. The topological polar surface area (TPSA) is 0 Å². The van der Waals surface area contributed by atoms with Crippen molar-refractivity contribution in [3.8, 4) is 0 Å². The summed E-state index contributed by atoms with van der Waals surface area (Å²) in [5.41, 5.74) is 0. The van der Waals surface area contributed by atoms with Crippen LogP contribution in [0.1, 0.15) is 0 Å². The first-order chi connectivity index (χ1) is 3.39. The van der Waals surface area contributed by atoms with E-state index in [1.807, 2.05) is 24.3 Å². The first-order valence-corrected chi connectivity index (χ1v) is 2.80. The summed E-state index contributed by atoms with van der Waals surface area (Å²) >= 11 is 3.28.